The summed E-state index contributed by atoms with van der Waals surface area (Å²) in [4.78, 5) is 23.9. The first-order valence-corrected chi connectivity index (χ1v) is 8.59. The number of pyridine rings is 1. The van der Waals surface area contributed by atoms with Gasteiger partial charge in [0.25, 0.3) is 0 Å². The molecule has 1 heterocycles. The summed E-state index contributed by atoms with van der Waals surface area (Å²) in [5, 5.41) is 11.4. The van der Waals surface area contributed by atoms with Crippen LogP contribution in [0.15, 0.2) is 65.6 Å². The molecule has 5 nitrogen and oxygen atoms in total. The normalized spacial score (nSPS) is 11.1. The highest BCUT2D eigenvalue weighted by molar-refractivity contribution is 5.92. The van der Waals surface area contributed by atoms with E-state index in [1.807, 2.05) is 36.4 Å². The monoisotopic (exact) mass is 377 g/mol. The van der Waals surface area contributed by atoms with Crippen molar-refractivity contribution in [3.63, 3.8) is 0 Å². The van der Waals surface area contributed by atoms with Crippen molar-refractivity contribution in [1.29, 1.82) is 0 Å². The van der Waals surface area contributed by atoms with E-state index in [1.54, 1.807) is 7.11 Å². The second-order valence-electron chi connectivity index (χ2n) is 6.49. The summed E-state index contributed by atoms with van der Waals surface area (Å²) in [5.74, 6) is -1.16. The van der Waals surface area contributed by atoms with Gasteiger partial charge in [-0.3, -0.25) is 4.79 Å². The van der Waals surface area contributed by atoms with Gasteiger partial charge in [0.2, 0.25) is 5.43 Å². The van der Waals surface area contributed by atoms with Crippen molar-refractivity contribution in [2.24, 2.45) is 0 Å². The number of carboxylic acid groups (broad SMARTS) is 1. The van der Waals surface area contributed by atoms with Gasteiger partial charge in [0.1, 0.15) is 17.1 Å². The number of hydrogen-bond donors (Lipinski definition) is 1. The van der Waals surface area contributed by atoms with Gasteiger partial charge in [-0.05, 0) is 46.7 Å². The van der Waals surface area contributed by atoms with Gasteiger partial charge in [-0.1, -0.05) is 24.3 Å². The van der Waals surface area contributed by atoms with Crippen LogP contribution in [0, 0.1) is 5.82 Å². The standard InChI is InChI=1S/C22H16FNO4/c1-28-16-8-7-14-9-13(5-6-15(14)10-16)11-24-12-18(22(26)27)21(25)17-3-2-4-19(23)20(17)24/h2-10,12H,11H2,1H3,(H,26,27). The van der Waals surface area contributed by atoms with Crippen LogP contribution in [0.4, 0.5) is 4.39 Å². The molecule has 28 heavy (non-hydrogen) atoms. The Morgan fingerprint density at radius 3 is 2.61 bits per heavy atom. The van der Waals surface area contributed by atoms with E-state index in [2.05, 4.69) is 0 Å². The lowest BCUT2D eigenvalue weighted by Gasteiger charge is -2.14. The molecule has 1 aromatic heterocycles. The number of fused-ring (bicyclic) bond motifs is 2. The average molecular weight is 377 g/mol. The Morgan fingerprint density at radius 2 is 1.86 bits per heavy atom. The Bertz CT molecular complexity index is 1290. The molecule has 0 aliphatic carbocycles. The van der Waals surface area contributed by atoms with Crippen LogP contribution in [0.25, 0.3) is 21.7 Å². The van der Waals surface area contributed by atoms with Crippen molar-refractivity contribution in [3.8, 4) is 5.75 Å². The molecule has 0 aliphatic heterocycles. The van der Waals surface area contributed by atoms with Crippen LogP contribution in [0.1, 0.15) is 15.9 Å². The number of rotatable bonds is 4. The molecule has 0 aliphatic rings. The van der Waals surface area contributed by atoms with Gasteiger partial charge in [0.15, 0.2) is 0 Å². The third-order valence-electron chi connectivity index (χ3n) is 4.74. The second kappa shape index (κ2) is 6.81. The predicted molar refractivity (Wildman–Crippen MR) is 105 cm³/mol. The van der Waals surface area contributed by atoms with Crippen LogP contribution in [0.3, 0.4) is 0 Å². The van der Waals surface area contributed by atoms with E-state index in [1.165, 1.54) is 29.0 Å². The number of aromatic nitrogens is 1. The number of ether oxygens (including phenoxy) is 1. The van der Waals surface area contributed by atoms with E-state index < -0.39 is 17.2 Å². The van der Waals surface area contributed by atoms with E-state index in [0.717, 1.165) is 22.1 Å². The summed E-state index contributed by atoms with van der Waals surface area (Å²) in [6.07, 6.45) is 1.20. The van der Waals surface area contributed by atoms with Gasteiger partial charge >= 0.3 is 5.97 Å². The summed E-state index contributed by atoms with van der Waals surface area (Å²) in [7, 11) is 1.60. The van der Waals surface area contributed by atoms with Crippen molar-refractivity contribution in [3.05, 3.63) is 88.0 Å². The Balaban J connectivity index is 1.87. The molecule has 0 fully saturated rings. The first kappa shape index (κ1) is 17.7. The molecule has 4 aromatic rings. The zero-order chi connectivity index (χ0) is 19.8. The summed E-state index contributed by atoms with van der Waals surface area (Å²) < 4.78 is 21.2. The smallest absolute Gasteiger partial charge is 0.341 e. The van der Waals surface area contributed by atoms with Gasteiger partial charge in [0.05, 0.1) is 12.6 Å². The molecule has 0 bridgehead atoms. The van der Waals surface area contributed by atoms with Crippen molar-refractivity contribution in [2.45, 2.75) is 6.54 Å². The number of methoxy groups -OCH3 is 1. The summed E-state index contributed by atoms with van der Waals surface area (Å²) in [6.45, 7) is 0.222. The van der Waals surface area contributed by atoms with Crippen molar-refractivity contribution in [1.82, 2.24) is 4.57 Å². The van der Waals surface area contributed by atoms with Crippen LogP contribution in [0.2, 0.25) is 0 Å². The fraction of sp³-hybridized carbons (Fsp3) is 0.0909. The highest BCUT2D eigenvalue weighted by Gasteiger charge is 2.17. The molecule has 0 unspecified atom stereocenters. The zero-order valence-corrected chi connectivity index (χ0v) is 15.0. The molecule has 6 heteroatoms. The molecule has 0 amide bonds. The second-order valence-corrected chi connectivity index (χ2v) is 6.49. The summed E-state index contributed by atoms with van der Waals surface area (Å²) >= 11 is 0. The molecular formula is C22H16FNO4. The molecule has 0 spiro atoms. The molecule has 0 radical (unpaired) electrons. The van der Waals surface area contributed by atoms with E-state index >= 15 is 0 Å². The quantitative estimate of drug-likeness (QED) is 0.583. The maximum absolute atomic E-state index is 14.5. The lowest BCUT2D eigenvalue weighted by molar-refractivity contribution is 0.0695. The van der Waals surface area contributed by atoms with Gasteiger partial charge in [-0.15, -0.1) is 0 Å². The first-order valence-electron chi connectivity index (χ1n) is 8.59. The van der Waals surface area contributed by atoms with Crippen molar-refractivity contribution in [2.75, 3.05) is 7.11 Å². The minimum Gasteiger partial charge on any atom is -0.497 e. The van der Waals surface area contributed by atoms with Crippen molar-refractivity contribution < 1.29 is 19.0 Å². The number of nitrogens with zero attached hydrogens (tertiary/aromatic N) is 1. The first-order chi connectivity index (χ1) is 13.5. The van der Waals surface area contributed by atoms with E-state index in [-0.39, 0.29) is 23.0 Å². The Kier molecular flexibility index (Phi) is 4.31. The summed E-state index contributed by atoms with van der Waals surface area (Å²) in [5.41, 5.74) is -0.137. The molecule has 140 valence electrons. The fourth-order valence-corrected chi connectivity index (χ4v) is 3.39. The number of aromatic carboxylic acids is 1. The lowest BCUT2D eigenvalue weighted by atomic mass is 10.1. The molecule has 3 aromatic carbocycles. The van der Waals surface area contributed by atoms with E-state index in [9.17, 15) is 19.1 Å². The van der Waals surface area contributed by atoms with Crippen molar-refractivity contribution >= 4 is 27.6 Å². The predicted octanol–water partition coefficient (Wildman–Crippen LogP) is 4.05. The number of carbonyl (C=O) groups is 1. The average Bonchev–Trinajstić information content (AvgIpc) is 2.69. The third-order valence-corrected chi connectivity index (χ3v) is 4.74. The molecule has 4 rings (SSSR count). The minimum absolute atomic E-state index is 0.0467. The van der Waals surface area contributed by atoms with Gasteiger partial charge < -0.3 is 14.4 Å². The molecule has 0 atom stereocenters. The summed E-state index contributed by atoms with van der Waals surface area (Å²) in [6, 6.07) is 15.5. The third kappa shape index (κ3) is 2.99. The van der Waals surface area contributed by atoms with Crippen LogP contribution >= 0.6 is 0 Å². The minimum atomic E-state index is -1.34. The zero-order valence-electron chi connectivity index (χ0n) is 15.0. The lowest BCUT2D eigenvalue weighted by Crippen LogP contribution is -2.19. The Labute approximate surface area is 159 Å². The Hall–Kier alpha value is -3.67. The van der Waals surface area contributed by atoms with Crippen LogP contribution in [-0.4, -0.2) is 22.8 Å². The van der Waals surface area contributed by atoms with Crippen LogP contribution < -0.4 is 10.2 Å². The molecule has 1 N–H and O–H groups in total. The van der Waals surface area contributed by atoms with Crippen LogP contribution in [-0.2, 0) is 6.54 Å². The largest absolute Gasteiger partial charge is 0.497 e. The van der Waals surface area contributed by atoms with Gasteiger partial charge in [-0.25, -0.2) is 9.18 Å². The highest BCUT2D eigenvalue weighted by atomic mass is 19.1. The van der Waals surface area contributed by atoms with E-state index in [4.69, 9.17) is 4.74 Å². The number of hydrogen-bond acceptors (Lipinski definition) is 3. The molecular weight excluding hydrogens is 361 g/mol. The highest BCUT2D eigenvalue weighted by Crippen LogP contribution is 2.23. The number of carboxylic acids is 1. The maximum Gasteiger partial charge on any atom is 0.341 e. The van der Waals surface area contributed by atoms with Gasteiger partial charge in [-0.2, -0.15) is 0 Å². The number of halogens is 1. The van der Waals surface area contributed by atoms with Gasteiger partial charge in [0, 0.05) is 18.1 Å². The Morgan fingerprint density at radius 1 is 1.11 bits per heavy atom. The molecule has 0 saturated heterocycles. The topological polar surface area (TPSA) is 68.5 Å². The van der Waals surface area contributed by atoms with Crippen LogP contribution in [0.5, 0.6) is 5.75 Å². The SMILES string of the molecule is COc1ccc2cc(Cn3cc(C(=O)O)c(=O)c4cccc(F)c43)ccc2c1. The fourth-order valence-electron chi connectivity index (χ4n) is 3.39. The number of para-hydroxylation sites is 1. The maximum atomic E-state index is 14.5. The van der Waals surface area contributed by atoms with E-state index in [0.29, 0.717) is 0 Å². The molecule has 0 saturated carbocycles. The number of benzene rings is 3.